The average Bonchev–Trinajstić information content (AvgIpc) is 2.63. The Morgan fingerprint density at radius 1 is 1.08 bits per heavy atom. The van der Waals surface area contributed by atoms with Gasteiger partial charge in [0.05, 0.1) is 23.8 Å². The third kappa shape index (κ3) is 4.57. The predicted molar refractivity (Wildman–Crippen MR) is 92.8 cm³/mol. The maximum Gasteiger partial charge on any atom is 0.338 e. The Balaban J connectivity index is 2.11. The monoisotopic (exact) mass is 428 g/mol. The summed E-state index contributed by atoms with van der Waals surface area (Å²) in [6, 6.07) is 5.59. The maximum absolute atomic E-state index is 13.2. The first kappa shape index (κ1) is 19.8. The Kier molecular flexibility index (Phi) is 6.68. The molecule has 0 atom stereocenters. The van der Waals surface area contributed by atoms with Gasteiger partial charge < -0.3 is 14.2 Å². The van der Waals surface area contributed by atoms with E-state index in [4.69, 9.17) is 14.2 Å². The number of methoxy groups -OCH3 is 1. The van der Waals surface area contributed by atoms with Gasteiger partial charge in [-0.1, -0.05) is 0 Å². The average molecular weight is 429 g/mol. The summed E-state index contributed by atoms with van der Waals surface area (Å²) in [5, 5.41) is 0. The molecule has 2 aromatic carbocycles. The highest BCUT2D eigenvalue weighted by Crippen LogP contribution is 2.36. The largest absolute Gasteiger partial charge is 0.493 e. The highest BCUT2D eigenvalue weighted by molar-refractivity contribution is 9.10. The van der Waals surface area contributed by atoms with Crippen molar-refractivity contribution in [3.63, 3.8) is 0 Å². The van der Waals surface area contributed by atoms with Gasteiger partial charge in [0.15, 0.2) is 35.5 Å². The van der Waals surface area contributed by atoms with Gasteiger partial charge in [0.2, 0.25) is 0 Å². The zero-order chi connectivity index (χ0) is 19.3. The highest BCUT2D eigenvalue weighted by atomic mass is 79.9. The van der Waals surface area contributed by atoms with Crippen LogP contribution in [0.2, 0.25) is 0 Å². The van der Waals surface area contributed by atoms with E-state index >= 15 is 0 Å². The molecule has 5 nitrogen and oxygen atoms in total. The van der Waals surface area contributed by atoms with Crippen LogP contribution in [0.1, 0.15) is 27.6 Å². The first-order valence-electron chi connectivity index (χ1n) is 7.53. The van der Waals surface area contributed by atoms with E-state index in [2.05, 4.69) is 15.9 Å². The van der Waals surface area contributed by atoms with E-state index < -0.39 is 30.0 Å². The van der Waals surface area contributed by atoms with Crippen LogP contribution in [-0.2, 0) is 4.74 Å². The number of rotatable bonds is 7. The van der Waals surface area contributed by atoms with Crippen molar-refractivity contribution in [2.24, 2.45) is 0 Å². The molecule has 0 aliphatic heterocycles. The second-order valence-electron chi connectivity index (χ2n) is 5.05. The molecule has 0 bridgehead atoms. The van der Waals surface area contributed by atoms with Gasteiger partial charge in [-0.15, -0.1) is 0 Å². The molecular formula is C18H15BrF2O5. The summed E-state index contributed by atoms with van der Waals surface area (Å²) in [6.07, 6.45) is 0. The summed E-state index contributed by atoms with van der Waals surface area (Å²) >= 11 is 3.28. The number of ketones is 1. The molecule has 0 amide bonds. The number of hydrogen-bond donors (Lipinski definition) is 0. The summed E-state index contributed by atoms with van der Waals surface area (Å²) in [5.41, 5.74) is 0.0393. The predicted octanol–water partition coefficient (Wildman–Crippen LogP) is 4.17. The molecule has 0 aliphatic carbocycles. The number of carbonyl (C=O) groups excluding carboxylic acids is 2. The molecular weight excluding hydrogens is 414 g/mol. The minimum atomic E-state index is -1.15. The van der Waals surface area contributed by atoms with E-state index in [0.29, 0.717) is 22.6 Å². The van der Waals surface area contributed by atoms with E-state index in [1.807, 2.05) is 0 Å². The molecule has 138 valence electrons. The SMILES string of the molecule is CCOc1c(Br)cc(C(=O)OCC(=O)c2ccc(F)c(F)c2)cc1OC. The van der Waals surface area contributed by atoms with Crippen molar-refractivity contribution >= 4 is 27.7 Å². The number of halogens is 3. The third-order valence-corrected chi connectivity index (χ3v) is 3.92. The second kappa shape index (κ2) is 8.75. The molecule has 0 saturated heterocycles. The number of esters is 1. The van der Waals surface area contributed by atoms with Crippen LogP contribution in [0, 0.1) is 11.6 Å². The molecule has 0 fully saturated rings. The van der Waals surface area contributed by atoms with Crippen LogP contribution in [0.4, 0.5) is 8.78 Å². The van der Waals surface area contributed by atoms with Crippen LogP contribution in [0.5, 0.6) is 11.5 Å². The van der Waals surface area contributed by atoms with Gasteiger partial charge in [0.25, 0.3) is 0 Å². The standard InChI is InChI=1S/C18H15BrF2O5/c1-3-25-17-12(19)6-11(8-16(17)24-2)18(23)26-9-15(22)10-4-5-13(20)14(21)7-10/h4-8H,3,9H2,1-2H3. The molecule has 2 rings (SSSR count). The maximum atomic E-state index is 13.2. The Morgan fingerprint density at radius 3 is 2.42 bits per heavy atom. The summed E-state index contributed by atoms with van der Waals surface area (Å²) in [4.78, 5) is 24.1. The number of ether oxygens (including phenoxy) is 3. The summed E-state index contributed by atoms with van der Waals surface area (Å²) in [5.74, 6) is -2.89. The lowest BCUT2D eigenvalue weighted by atomic mass is 10.1. The van der Waals surface area contributed by atoms with Gasteiger partial charge >= 0.3 is 5.97 Å². The van der Waals surface area contributed by atoms with Gasteiger partial charge in [-0.05, 0) is 53.2 Å². The Hall–Kier alpha value is -2.48. The molecule has 0 radical (unpaired) electrons. The van der Waals surface area contributed by atoms with Crippen molar-refractivity contribution in [1.82, 2.24) is 0 Å². The first-order valence-corrected chi connectivity index (χ1v) is 8.32. The molecule has 0 spiro atoms. The van der Waals surface area contributed by atoms with Crippen molar-refractivity contribution in [2.45, 2.75) is 6.92 Å². The fraction of sp³-hybridized carbons (Fsp3) is 0.222. The Bertz CT molecular complexity index is 839. The summed E-state index contributed by atoms with van der Waals surface area (Å²) in [6.45, 7) is 1.59. The van der Waals surface area contributed by atoms with E-state index in [9.17, 15) is 18.4 Å². The van der Waals surface area contributed by atoms with Crippen LogP contribution in [-0.4, -0.2) is 32.1 Å². The number of hydrogen-bond acceptors (Lipinski definition) is 5. The zero-order valence-corrected chi connectivity index (χ0v) is 15.6. The normalized spacial score (nSPS) is 10.3. The number of benzene rings is 2. The summed E-state index contributed by atoms with van der Waals surface area (Å²) in [7, 11) is 1.42. The number of carbonyl (C=O) groups is 2. The van der Waals surface area contributed by atoms with Crippen molar-refractivity contribution in [2.75, 3.05) is 20.3 Å². The lowest BCUT2D eigenvalue weighted by Crippen LogP contribution is -2.15. The molecule has 0 unspecified atom stereocenters. The Labute approximate surface area is 157 Å². The molecule has 0 N–H and O–H groups in total. The minimum Gasteiger partial charge on any atom is -0.493 e. The molecule has 2 aromatic rings. The van der Waals surface area contributed by atoms with Crippen molar-refractivity contribution in [3.8, 4) is 11.5 Å². The molecule has 0 saturated carbocycles. The highest BCUT2D eigenvalue weighted by Gasteiger charge is 2.18. The van der Waals surface area contributed by atoms with Crippen LogP contribution < -0.4 is 9.47 Å². The Morgan fingerprint density at radius 2 is 1.81 bits per heavy atom. The van der Waals surface area contributed by atoms with Crippen LogP contribution in [0.15, 0.2) is 34.8 Å². The molecule has 0 aromatic heterocycles. The van der Waals surface area contributed by atoms with E-state index in [1.165, 1.54) is 19.2 Å². The topological polar surface area (TPSA) is 61.8 Å². The second-order valence-corrected chi connectivity index (χ2v) is 5.91. The van der Waals surface area contributed by atoms with Crippen molar-refractivity contribution in [1.29, 1.82) is 0 Å². The fourth-order valence-corrected chi connectivity index (χ4v) is 2.65. The molecule has 8 heteroatoms. The van der Waals surface area contributed by atoms with E-state index in [0.717, 1.165) is 18.2 Å². The van der Waals surface area contributed by atoms with Gasteiger partial charge in [0.1, 0.15) is 0 Å². The quantitative estimate of drug-likeness (QED) is 0.489. The van der Waals surface area contributed by atoms with Gasteiger partial charge in [0, 0.05) is 5.56 Å². The molecule has 0 aliphatic rings. The third-order valence-electron chi connectivity index (χ3n) is 3.33. The smallest absolute Gasteiger partial charge is 0.338 e. The van der Waals surface area contributed by atoms with Gasteiger partial charge in [-0.3, -0.25) is 4.79 Å². The van der Waals surface area contributed by atoms with Crippen LogP contribution in [0.3, 0.4) is 0 Å². The van der Waals surface area contributed by atoms with Crippen LogP contribution in [0.25, 0.3) is 0 Å². The van der Waals surface area contributed by atoms with Crippen molar-refractivity contribution in [3.05, 3.63) is 57.6 Å². The summed E-state index contributed by atoms with van der Waals surface area (Å²) < 4.78 is 42.1. The lowest BCUT2D eigenvalue weighted by Gasteiger charge is -2.13. The van der Waals surface area contributed by atoms with Crippen LogP contribution >= 0.6 is 15.9 Å². The van der Waals surface area contributed by atoms with E-state index in [-0.39, 0.29) is 11.1 Å². The first-order chi connectivity index (χ1) is 12.4. The van der Waals surface area contributed by atoms with E-state index in [1.54, 1.807) is 6.92 Å². The molecule has 26 heavy (non-hydrogen) atoms. The molecule has 0 heterocycles. The zero-order valence-electron chi connectivity index (χ0n) is 14.0. The lowest BCUT2D eigenvalue weighted by molar-refractivity contribution is 0.0474. The van der Waals surface area contributed by atoms with Crippen molar-refractivity contribution < 1.29 is 32.6 Å². The van der Waals surface area contributed by atoms with Gasteiger partial charge in [-0.2, -0.15) is 0 Å². The number of Topliss-reactive ketones (excluding diaryl/α,β-unsaturated/α-hetero) is 1. The van der Waals surface area contributed by atoms with Gasteiger partial charge in [-0.25, -0.2) is 13.6 Å². The minimum absolute atomic E-state index is 0.0952. The fourth-order valence-electron chi connectivity index (χ4n) is 2.09.